The van der Waals surface area contributed by atoms with E-state index in [4.69, 9.17) is 11.6 Å². The molecule has 7 heteroatoms. The molecule has 0 radical (unpaired) electrons. The quantitative estimate of drug-likeness (QED) is 0.779. The van der Waals surface area contributed by atoms with Gasteiger partial charge in [0.1, 0.15) is 0 Å². The Bertz CT molecular complexity index is 978. The summed E-state index contributed by atoms with van der Waals surface area (Å²) in [4.78, 5) is 13.9. The van der Waals surface area contributed by atoms with E-state index in [0.29, 0.717) is 37.6 Å². The molecule has 2 aromatic rings. The van der Waals surface area contributed by atoms with Crippen LogP contribution in [0, 0.1) is 12.8 Å². The molecule has 2 unspecified atom stereocenters. The first-order chi connectivity index (χ1) is 13.9. The molecule has 2 N–H and O–H groups in total. The summed E-state index contributed by atoms with van der Waals surface area (Å²) >= 11 is 6.26. The molecule has 0 bridgehead atoms. The summed E-state index contributed by atoms with van der Waals surface area (Å²) in [6, 6.07) is 5.95. The summed E-state index contributed by atoms with van der Waals surface area (Å²) < 4.78 is 1.86. The number of nitrogens with zero attached hydrogens (tertiary/aromatic N) is 3. The number of fused-ring (bicyclic) bond motifs is 3. The number of aryl methyl sites for hydroxylation is 1. The predicted octanol–water partition coefficient (Wildman–Crippen LogP) is 3.62. The lowest BCUT2D eigenvalue weighted by Crippen LogP contribution is -2.45. The zero-order valence-electron chi connectivity index (χ0n) is 16.6. The number of piperidine rings is 1. The van der Waals surface area contributed by atoms with E-state index in [1.807, 2.05) is 23.7 Å². The summed E-state index contributed by atoms with van der Waals surface area (Å²) in [7, 11) is 0. The molecule has 3 aliphatic rings. The van der Waals surface area contributed by atoms with Gasteiger partial charge >= 0.3 is 5.97 Å². The molecule has 1 saturated heterocycles. The number of hydrogen-bond acceptors (Lipinski definition) is 4. The number of aliphatic hydroxyl groups is 1. The molecular formula is C22H26ClN3O3. The van der Waals surface area contributed by atoms with Crippen LogP contribution in [0.5, 0.6) is 0 Å². The highest BCUT2D eigenvalue weighted by molar-refractivity contribution is 6.31. The van der Waals surface area contributed by atoms with E-state index in [1.165, 1.54) is 0 Å². The number of aromatic carboxylic acids is 1. The lowest BCUT2D eigenvalue weighted by Gasteiger charge is -2.40. The molecule has 1 saturated carbocycles. The Morgan fingerprint density at radius 2 is 2.10 bits per heavy atom. The van der Waals surface area contributed by atoms with Crippen LogP contribution in [0.15, 0.2) is 18.2 Å². The second kappa shape index (κ2) is 6.74. The second-order valence-electron chi connectivity index (χ2n) is 8.89. The first-order valence-electron chi connectivity index (χ1n) is 10.4. The van der Waals surface area contributed by atoms with Crippen molar-refractivity contribution in [2.45, 2.75) is 57.1 Å². The average molecular weight is 416 g/mol. The van der Waals surface area contributed by atoms with Gasteiger partial charge in [0.25, 0.3) is 0 Å². The molecule has 1 aromatic carbocycles. The van der Waals surface area contributed by atoms with Crippen LogP contribution in [0.2, 0.25) is 5.02 Å². The van der Waals surface area contributed by atoms with Gasteiger partial charge in [-0.1, -0.05) is 17.7 Å². The number of carbonyl (C=O) groups is 1. The Labute approximate surface area is 175 Å². The maximum atomic E-state index is 11.6. The molecule has 0 spiro atoms. The van der Waals surface area contributed by atoms with Crippen molar-refractivity contribution in [3.8, 4) is 0 Å². The number of rotatable bonds is 5. The highest BCUT2D eigenvalue weighted by Crippen LogP contribution is 2.57. The first kappa shape index (κ1) is 18.9. The van der Waals surface area contributed by atoms with Gasteiger partial charge in [-0.05, 0) is 68.6 Å². The van der Waals surface area contributed by atoms with Crippen LogP contribution in [-0.2, 0) is 13.0 Å². The maximum Gasteiger partial charge on any atom is 0.356 e. The summed E-state index contributed by atoms with van der Waals surface area (Å²) in [5.41, 5.74) is 3.73. The molecule has 1 aromatic heterocycles. The minimum absolute atomic E-state index is 0.225. The molecule has 2 aliphatic carbocycles. The molecule has 6 nitrogen and oxygen atoms in total. The number of anilines is 1. The summed E-state index contributed by atoms with van der Waals surface area (Å²) in [5, 5.41) is 25.8. The number of halogens is 1. The Balaban J connectivity index is 1.26. The van der Waals surface area contributed by atoms with Crippen molar-refractivity contribution in [1.82, 2.24) is 9.78 Å². The Kier molecular flexibility index (Phi) is 4.40. The van der Waals surface area contributed by atoms with Gasteiger partial charge in [0, 0.05) is 41.6 Å². The van der Waals surface area contributed by atoms with Gasteiger partial charge in [0.05, 0.1) is 5.60 Å². The van der Waals surface area contributed by atoms with Crippen LogP contribution in [-0.4, -0.2) is 44.7 Å². The van der Waals surface area contributed by atoms with E-state index in [0.717, 1.165) is 53.5 Å². The van der Waals surface area contributed by atoms with Gasteiger partial charge in [0.2, 0.25) is 0 Å². The minimum Gasteiger partial charge on any atom is -0.476 e. The van der Waals surface area contributed by atoms with E-state index in [-0.39, 0.29) is 5.69 Å². The van der Waals surface area contributed by atoms with Crippen LogP contribution in [0.25, 0.3) is 0 Å². The third kappa shape index (κ3) is 3.22. The molecule has 2 heterocycles. The van der Waals surface area contributed by atoms with Crippen molar-refractivity contribution in [3.63, 3.8) is 0 Å². The van der Waals surface area contributed by atoms with E-state index in [1.54, 1.807) is 0 Å². The molecule has 1 aliphatic heterocycles. The fraction of sp³-hybridized carbons (Fsp3) is 0.545. The van der Waals surface area contributed by atoms with E-state index < -0.39 is 11.6 Å². The van der Waals surface area contributed by atoms with Crippen molar-refractivity contribution >= 4 is 23.3 Å². The maximum absolute atomic E-state index is 11.6. The van der Waals surface area contributed by atoms with Crippen LogP contribution in [0.3, 0.4) is 0 Å². The lowest BCUT2D eigenvalue weighted by atomic mass is 9.87. The number of carboxylic acids is 1. The smallest absolute Gasteiger partial charge is 0.356 e. The third-order valence-electron chi connectivity index (χ3n) is 7.11. The van der Waals surface area contributed by atoms with Crippen LogP contribution < -0.4 is 4.90 Å². The molecule has 2 fully saturated rings. The summed E-state index contributed by atoms with van der Waals surface area (Å²) in [6.07, 6.45) is 3.99. The SMILES string of the molecule is Cc1c(Cl)cccc1N1CCC(O)(CCn2nc(C(=O)O)c3c2CC2CC32)CC1. The lowest BCUT2D eigenvalue weighted by molar-refractivity contribution is 0.00323. The average Bonchev–Trinajstić information content (AvgIpc) is 3.20. The van der Waals surface area contributed by atoms with Crippen molar-refractivity contribution in [2.24, 2.45) is 5.92 Å². The van der Waals surface area contributed by atoms with Gasteiger partial charge < -0.3 is 15.1 Å². The van der Waals surface area contributed by atoms with Crippen molar-refractivity contribution in [1.29, 1.82) is 0 Å². The topological polar surface area (TPSA) is 78.6 Å². The van der Waals surface area contributed by atoms with Crippen molar-refractivity contribution < 1.29 is 15.0 Å². The summed E-state index contributed by atoms with van der Waals surface area (Å²) in [6.45, 7) is 4.15. The van der Waals surface area contributed by atoms with Gasteiger partial charge in [-0.3, -0.25) is 4.68 Å². The Hall–Kier alpha value is -2.05. The van der Waals surface area contributed by atoms with E-state index >= 15 is 0 Å². The largest absolute Gasteiger partial charge is 0.476 e. The predicted molar refractivity (Wildman–Crippen MR) is 111 cm³/mol. The highest BCUT2D eigenvalue weighted by Gasteiger charge is 2.50. The Morgan fingerprint density at radius 3 is 2.83 bits per heavy atom. The van der Waals surface area contributed by atoms with Crippen LogP contribution >= 0.6 is 11.6 Å². The van der Waals surface area contributed by atoms with E-state index in [2.05, 4.69) is 16.1 Å². The minimum atomic E-state index is -0.934. The van der Waals surface area contributed by atoms with Crippen molar-refractivity contribution in [2.75, 3.05) is 18.0 Å². The second-order valence-corrected chi connectivity index (χ2v) is 9.30. The number of benzene rings is 1. The molecule has 0 amide bonds. The fourth-order valence-corrected chi connectivity index (χ4v) is 5.37. The summed E-state index contributed by atoms with van der Waals surface area (Å²) in [5.74, 6) is 0.0770. The van der Waals surface area contributed by atoms with Gasteiger partial charge in [-0.2, -0.15) is 5.10 Å². The molecule has 2 atom stereocenters. The normalized spacial score (nSPS) is 24.3. The number of carboxylic acid groups (broad SMARTS) is 1. The number of aromatic nitrogens is 2. The molecule has 154 valence electrons. The van der Waals surface area contributed by atoms with Crippen molar-refractivity contribution in [3.05, 3.63) is 45.7 Å². The third-order valence-corrected chi connectivity index (χ3v) is 7.52. The zero-order chi connectivity index (χ0) is 20.3. The Morgan fingerprint density at radius 1 is 1.34 bits per heavy atom. The first-order valence-corrected chi connectivity index (χ1v) is 10.8. The van der Waals surface area contributed by atoms with Gasteiger partial charge in [0.15, 0.2) is 5.69 Å². The fourth-order valence-electron chi connectivity index (χ4n) is 5.20. The van der Waals surface area contributed by atoms with Crippen LogP contribution in [0.1, 0.15) is 58.9 Å². The van der Waals surface area contributed by atoms with Gasteiger partial charge in [-0.25, -0.2) is 4.79 Å². The highest BCUT2D eigenvalue weighted by atomic mass is 35.5. The van der Waals surface area contributed by atoms with E-state index in [9.17, 15) is 15.0 Å². The zero-order valence-corrected chi connectivity index (χ0v) is 17.3. The molecule has 29 heavy (non-hydrogen) atoms. The molecular weight excluding hydrogens is 390 g/mol. The van der Waals surface area contributed by atoms with Gasteiger partial charge in [-0.15, -0.1) is 0 Å². The number of hydrogen-bond donors (Lipinski definition) is 2. The molecule has 5 rings (SSSR count). The van der Waals surface area contributed by atoms with Crippen LogP contribution in [0.4, 0.5) is 5.69 Å². The standard InChI is InChI=1S/C22H26ClN3O3/c1-13-16(23)3-2-4-17(13)25-8-5-22(29,6-9-25)7-10-26-18-12-14-11-15(14)19(18)20(24-26)21(27)28/h2-4,14-15,29H,5-12H2,1H3,(H,27,28). The monoisotopic (exact) mass is 415 g/mol.